The molecule has 1 aromatic heterocycles. The number of hydrogen-bond acceptors (Lipinski definition) is 5. The second-order valence-electron chi connectivity index (χ2n) is 5.98. The standard InChI is InChI=1S/C17H24F3N3O2S/c1-3-26-16-14(15(24)21-6-4-5-17(18,19)20)12(2)11-13(22-16)23-7-9-25-10-8-23/h11H,3-10H2,1-2H3,(H,21,24). The minimum Gasteiger partial charge on any atom is -0.378 e. The van der Waals surface area contributed by atoms with Gasteiger partial charge in [0.25, 0.3) is 5.91 Å². The highest BCUT2D eigenvalue weighted by Gasteiger charge is 2.26. The van der Waals surface area contributed by atoms with Crippen molar-refractivity contribution < 1.29 is 22.7 Å². The minimum absolute atomic E-state index is 0.0147. The number of carbonyl (C=O) groups excluding carboxylic acids is 1. The number of aromatic nitrogens is 1. The molecule has 1 amide bonds. The van der Waals surface area contributed by atoms with Crippen molar-refractivity contribution in [3.8, 4) is 0 Å². The molecule has 9 heteroatoms. The van der Waals surface area contributed by atoms with E-state index in [1.807, 2.05) is 19.9 Å². The topological polar surface area (TPSA) is 54.5 Å². The van der Waals surface area contributed by atoms with E-state index >= 15 is 0 Å². The molecule has 2 rings (SSSR count). The van der Waals surface area contributed by atoms with Crippen LogP contribution < -0.4 is 10.2 Å². The second-order valence-corrected chi connectivity index (χ2v) is 7.24. The molecule has 146 valence electrons. The van der Waals surface area contributed by atoms with Crippen molar-refractivity contribution in [2.24, 2.45) is 0 Å². The number of halogens is 3. The van der Waals surface area contributed by atoms with Gasteiger partial charge in [0.05, 0.1) is 18.8 Å². The Morgan fingerprint density at radius 3 is 2.69 bits per heavy atom. The average Bonchev–Trinajstić information content (AvgIpc) is 2.58. The van der Waals surface area contributed by atoms with Crippen molar-refractivity contribution in [3.63, 3.8) is 0 Å². The lowest BCUT2D eigenvalue weighted by molar-refractivity contribution is -0.135. The largest absolute Gasteiger partial charge is 0.389 e. The maximum atomic E-state index is 12.5. The van der Waals surface area contributed by atoms with E-state index in [9.17, 15) is 18.0 Å². The van der Waals surface area contributed by atoms with Gasteiger partial charge in [-0.1, -0.05) is 6.92 Å². The summed E-state index contributed by atoms with van der Waals surface area (Å²) in [6.45, 7) is 6.54. The number of thioether (sulfide) groups is 1. The number of hydrogen-bond donors (Lipinski definition) is 1. The van der Waals surface area contributed by atoms with E-state index in [4.69, 9.17) is 4.74 Å². The number of nitrogens with one attached hydrogen (secondary N) is 1. The van der Waals surface area contributed by atoms with Gasteiger partial charge in [0.1, 0.15) is 10.8 Å². The molecule has 0 aromatic carbocycles. The minimum atomic E-state index is -4.20. The molecule has 5 nitrogen and oxygen atoms in total. The number of morpholine rings is 1. The van der Waals surface area contributed by atoms with Crippen LogP contribution in [0.4, 0.5) is 19.0 Å². The van der Waals surface area contributed by atoms with Crippen LogP contribution in [-0.2, 0) is 4.74 Å². The van der Waals surface area contributed by atoms with E-state index in [0.29, 0.717) is 23.8 Å². The van der Waals surface area contributed by atoms with Crippen molar-refractivity contribution in [2.45, 2.75) is 37.9 Å². The molecule has 0 spiro atoms. The molecule has 1 aliphatic heterocycles. The lowest BCUT2D eigenvalue weighted by atomic mass is 10.1. The Balaban J connectivity index is 2.11. The summed E-state index contributed by atoms with van der Waals surface area (Å²) in [7, 11) is 0. The van der Waals surface area contributed by atoms with Gasteiger partial charge in [0.15, 0.2) is 0 Å². The maximum absolute atomic E-state index is 12.5. The lowest BCUT2D eigenvalue weighted by Gasteiger charge is -2.28. The Hall–Kier alpha value is -1.48. The number of aryl methyl sites for hydroxylation is 1. The number of carbonyl (C=O) groups is 1. The van der Waals surface area contributed by atoms with Crippen molar-refractivity contribution in [1.29, 1.82) is 0 Å². The van der Waals surface area contributed by atoms with E-state index in [-0.39, 0.29) is 18.9 Å². The summed E-state index contributed by atoms with van der Waals surface area (Å²) in [5.41, 5.74) is 1.21. The molecule has 26 heavy (non-hydrogen) atoms. The first kappa shape index (κ1) is 20.8. The van der Waals surface area contributed by atoms with Crippen molar-refractivity contribution in [1.82, 2.24) is 10.3 Å². The second kappa shape index (κ2) is 9.45. The fraction of sp³-hybridized carbons (Fsp3) is 0.647. The van der Waals surface area contributed by atoms with Crippen LogP contribution in [0.5, 0.6) is 0 Å². The van der Waals surface area contributed by atoms with Gasteiger partial charge in [-0.15, -0.1) is 11.8 Å². The summed E-state index contributed by atoms with van der Waals surface area (Å²) in [6.07, 6.45) is -5.24. The first-order chi connectivity index (χ1) is 12.3. The van der Waals surface area contributed by atoms with Crippen molar-refractivity contribution in [2.75, 3.05) is 43.5 Å². The number of rotatable bonds is 7. The third-order valence-corrected chi connectivity index (χ3v) is 4.79. The van der Waals surface area contributed by atoms with E-state index < -0.39 is 12.6 Å². The zero-order valence-electron chi connectivity index (χ0n) is 15.0. The predicted molar refractivity (Wildman–Crippen MR) is 96.0 cm³/mol. The fourth-order valence-corrected chi connectivity index (χ4v) is 3.51. The van der Waals surface area contributed by atoms with E-state index in [1.54, 1.807) is 0 Å². The molecule has 2 heterocycles. The van der Waals surface area contributed by atoms with Gasteiger partial charge in [-0.3, -0.25) is 4.79 Å². The maximum Gasteiger partial charge on any atom is 0.389 e. The molecule has 0 aliphatic carbocycles. The Morgan fingerprint density at radius 2 is 2.08 bits per heavy atom. The predicted octanol–water partition coefficient (Wildman–Crippen LogP) is 3.41. The van der Waals surface area contributed by atoms with E-state index in [2.05, 4.69) is 15.2 Å². The average molecular weight is 391 g/mol. The molecule has 1 N–H and O–H groups in total. The number of nitrogens with zero attached hydrogens (tertiary/aromatic N) is 2. The van der Waals surface area contributed by atoms with Crippen LogP contribution in [0.1, 0.15) is 35.7 Å². The smallest absolute Gasteiger partial charge is 0.378 e. The molecular weight excluding hydrogens is 367 g/mol. The molecule has 0 radical (unpaired) electrons. The Bertz CT molecular complexity index is 620. The number of alkyl halides is 3. The molecule has 0 saturated carbocycles. The van der Waals surface area contributed by atoms with Gasteiger partial charge in [0, 0.05) is 26.1 Å². The number of ether oxygens (including phenoxy) is 1. The highest BCUT2D eigenvalue weighted by atomic mass is 32.2. The first-order valence-electron chi connectivity index (χ1n) is 8.64. The Kier molecular flexibility index (Phi) is 7.57. The van der Waals surface area contributed by atoms with Gasteiger partial charge in [-0.2, -0.15) is 13.2 Å². The summed E-state index contributed by atoms with van der Waals surface area (Å²) in [6, 6.07) is 1.86. The monoisotopic (exact) mass is 391 g/mol. The van der Waals surface area contributed by atoms with Gasteiger partial charge >= 0.3 is 6.18 Å². The molecule has 0 atom stereocenters. The fourth-order valence-electron chi connectivity index (χ4n) is 2.68. The van der Waals surface area contributed by atoms with Gasteiger partial charge in [-0.25, -0.2) is 4.98 Å². The molecular formula is C17H24F3N3O2S. The molecule has 1 saturated heterocycles. The number of amides is 1. The highest BCUT2D eigenvalue weighted by Crippen LogP contribution is 2.28. The third kappa shape index (κ3) is 6.05. The van der Waals surface area contributed by atoms with Gasteiger partial charge < -0.3 is 15.0 Å². The van der Waals surface area contributed by atoms with Crippen LogP contribution >= 0.6 is 11.8 Å². The van der Waals surface area contributed by atoms with Crippen molar-refractivity contribution in [3.05, 3.63) is 17.2 Å². The van der Waals surface area contributed by atoms with Crippen LogP contribution in [0.3, 0.4) is 0 Å². The Labute approximate surface area is 155 Å². The zero-order chi connectivity index (χ0) is 19.2. The summed E-state index contributed by atoms with van der Waals surface area (Å²) in [5, 5.41) is 3.20. The quantitative estimate of drug-likeness (QED) is 0.570. The van der Waals surface area contributed by atoms with E-state index in [0.717, 1.165) is 30.2 Å². The summed E-state index contributed by atoms with van der Waals surface area (Å²) < 4.78 is 42.0. The molecule has 0 unspecified atom stereocenters. The zero-order valence-corrected chi connectivity index (χ0v) is 15.8. The first-order valence-corrected chi connectivity index (χ1v) is 9.62. The molecule has 0 bridgehead atoms. The normalized spacial score (nSPS) is 15.2. The van der Waals surface area contributed by atoms with Gasteiger partial charge in [-0.05, 0) is 30.7 Å². The SMILES string of the molecule is CCSc1nc(N2CCOCC2)cc(C)c1C(=O)NCCCC(F)(F)F. The van der Waals surface area contributed by atoms with Crippen molar-refractivity contribution >= 4 is 23.5 Å². The summed E-state index contributed by atoms with van der Waals surface area (Å²) in [4.78, 5) is 19.2. The summed E-state index contributed by atoms with van der Waals surface area (Å²) >= 11 is 1.46. The molecule has 1 fully saturated rings. The van der Waals surface area contributed by atoms with Crippen LogP contribution in [-0.4, -0.2) is 55.7 Å². The number of anilines is 1. The van der Waals surface area contributed by atoms with Crippen LogP contribution in [0.15, 0.2) is 11.1 Å². The molecule has 1 aromatic rings. The van der Waals surface area contributed by atoms with Crippen LogP contribution in [0, 0.1) is 6.92 Å². The lowest BCUT2D eigenvalue weighted by Crippen LogP contribution is -2.37. The van der Waals surface area contributed by atoms with Crippen LogP contribution in [0.2, 0.25) is 0 Å². The Morgan fingerprint density at radius 1 is 1.38 bits per heavy atom. The number of pyridine rings is 1. The third-order valence-electron chi connectivity index (χ3n) is 3.94. The summed E-state index contributed by atoms with van der Waals surface area (Å²) in [5.74, 6) is 1.17. The van der Waals surface area contributed by atoms with E-state index in [1.165, 1.54) is 11.8 Å². The van der Waals surface area contributed by atoms with Crippen LogP contribution in [0.25, 0.3) is 0 Å². The highest BCUT2D eigenvalue weighted by molar-refractivity contribution is 7.99. The molecule has 1 aliphatic rings. The van der Waals surface area contributed by atoms with Gasteiger partial charge in [0.2, 0.25) is 0 Å².